The molecule has 2 heterocycles. The van der Waals surface area contributed by atoms with Gasteiger partial charge in [0.25, 0.3) is 0 Å². The Kier molecular flexibility index (Phi) is 6.00. The molecule has 2 aliphatic heterocycles. The summed E-state index contributed by atoms with van der Waals surface area (Å²) in [4.78, 5) is 14.9. The molecule has 2 aromatic carbocycles. The lowest BCUT2D eigenvalue weighted by atomic mass is 9.73. The Hall–Kier alpha value is -2.31. The fourth-order valence-electron chi connectivity index (χ4n) is 5.94. The minimum absolute atomic E-state index is 0.0301. The number of halogens is 2. The number of nitrogens with zero attached hydrogens (tertiary/aromatic N) is 1. The fourth-order valence-corrected chi connectivity index (χ4v) is 5.94. The molecule has 6 heteroatoms. The summed E-state index contributed by atoms with van der Waals surface area (Å²) in [7, 11) is 0. The van der Waals surface area contributed by atoms with Gasteiger partial charge in [-0.3, -0.25) is 4.79 Å². The van der Waals surface area contributed by atoms with Crippen molar-refractivity contribution in [2.75, 3.05) is 6.61 Å². The Labute approximate surface area is 193 Å². The number of carbonyl (C=O) groups excluding carboxylic acids is 1. The zero-order valence-electron chi connectivity index (χ0n) is 19.2. The van der Waals surface area contributed by atoms with Gasteiger partial charge in [-0.2, -0.15) is 0 Å². The highest BCUT2D eigenvalue weighted by atomic mass is 19.1. The van der Waals surface area contributed by atoms with Crippen molar-refractivity contribution in [2.45, 2.75) is 69.9 Å². The molecule has 1 saturated carbocycles. The zero-order valence-corrected chi connectivity index (χ0v) is 19.2. The van der Waals surface area contributed by atoms with Crippen LogP contribution in [0.4, 0.5) is 8.78 Å². The maximum absolute atomic E-state index is 13.6. The Bertz CT molecular complexity index is 948. The molecule has 5 rings (SSSR count). The number of amides is 1. The molecular formula is C27H31F2NO3. The van der Waals surface area contributed by atoms with E-state index < -0.39 is 11.8 Å². The van der Waals surface area contributed by atoms with Gasteiger partial charge in [0.1, 0.15) is 23.5 Å². The number of carbonyl (C=O) groups is 1. The number of rotatable bonds is 5. The van der Waals surface area contributed by atoms with Gasteiger partial charge >= 0.3 is 0 Å². The maximum atomic E-state index is 13.6. The Morgan fingerprint density at radius 2 is 1.61 bits per heavy atom. The summed E-state index contributed by atoms with van der Waals surface area (Å²) in [6, 6.07) is 12.7. The summed E-state index contributed by atoms with van der Waals surface area (Å²) in [5, 5.41) is 0. The van der Waals surface area contributed by atoms with Gasteiger partial charge in [-0.15, -0.1) is 0 Å². The average Bonchev–Trinajstić information content (AvgIpc) is 3.20. The quantitative estimate of drug-likeness (QED) is 0.588. The van der Waals surface area contributed by atoms with Gasteiger partial charge in [0.05, 0.1) is 18.8 Å². The molecule has 0 aromatic heterocycles. The lowest BCUT2D eigenvalue weighted by Crippen LogP contribution is -2.62. The lowest BCUT2D eigenvalue weighted by molar-refractivity contribution is -0.200. The van der Waals surface area contributed by atoms with Gasteiger partial charge in [0.2, 0.25) is 5.91 Å². The molecule has 0 N–H and O–H groups in total. The van der Waals surface area contributed by atoms with E-state index in [9.17, 15) is 13.6 Å². The van der Waals surface area contributed by atoms with Gasteiger partial charge in [-0.05, 0) is 67.0 Å². The van der Waals surface area contributed by atoms with Gasteiger partial charge in [-0.25, -0.2) is 8.78 Å². The van der Waals surface area contributed by atoms with E-state index in [1.54, 1.807) is 24.3 Å². The van der Waals surface area contributed by atoms with Crippen LogP contribution in [-0.2, 0) is 14.3 Å². The van der Waals surface area contributed by atoms with Gasteiger partial charge < -0.3 is 14.4 Å². The van der Waals surface area contributed by atoms with E-state index in [-0.39, 0.29) is 35.6 Å². The Morgan fingerprint density at radius 3 is 2.18 bits per heavy atom. The second-order valence-electron chi connectivity index (χ2n) is 9.98. The summed E-state index contributed by atoms with van der Waals surface area (Å²) < 4.78 is 40.2. The van der Waals surface area contributed by atoms with E-state index in [2.05, 4.69) is 18.7 Å². The van der Waals surface area contributed by atoms with Crippen LogP contribution in [0.1, 0.15) is 63.2 Å². The van der Waals surface area contributed by atoms with Crippen LogP contribution >= 0.6 is 0 Å². The molecule has 3 aliphatic rings. The molecule has 1 aliphatic carbocycles. The van der Waals surface area contributed by atoms with Crippen LogP contribution in [-0.4, -0.2) is 35.3 Å². The normalized spacial score (nSPS) is 29.5. The second-order valence-corrected chi connectivity index (χ2v) is 9.98. The van der Waals surface area contributed by atoms with Crippen LogP contribution in [0.2, 0.25) is 0 Å². The molecule has 0 unspecified atom stereocenters. The van der Waals surface area contributed by atoms with Crippen molar-refractivity contribution in [2.24, 2.45) is 11.8 Å². The van der Waals surface area contributed by atoms with Crippen molar-refractivity contribution >= 4 is 5.91 Å². The summed E-state index contributed by atoms with van der Waals surface area (Å²) in [5.74, 6) is 0.169. The van der Waals surface area contributed by atoms with Crippen molar-refractivity contribution in [3.05, 3.63) is 71.3 Å². The smallest absolute Gasteiger partial charge is 0.225 e. The topological polar surface area (TPSA) is 38.8 Å². The largest absolute Gasteiger partial charge is 0.366 e. The minimum atomic E-state index is -0.509. The van der Waals surface area contributed by atoms with Crippen molar-refractivity contribution in [3.63, 3.8) is 0 Å². The maximum Gasteiger partial charge on any atom is 0.225 e. The summed E-state index contributed by atoms with van der Waals surface area (Å²) in [6.45, 7) is 4.89. The monoisotopic (exact) mass is 455 g/mol. The molecule has 1 spiro atoms. The average molecular weight is 456 g/mol. The van der Waals surface area contributed by atoms with E-state index in [0.717, 1.165) is 36.8 Å². The fraction of sp³-hybridized carbons (Fsp3) is 0.519. The first-order valence-corrected chi connectivity index (χ1v) is 12.0. The molecule has 4 atom stereocenters. The lowest BCUT2D eigenvalue weighted by Gasteiger charge is -2.52. The van der Waals surface area contributed by atoms with Gasteiger partial charge in [0, 0.05) is 12.3 Å². The molecule has 33 heavy (non-hydrogen) atoms. The van der Waals surface area contributed by atoms with Crippen LogP contribution < -0.4 is 0 Å². The predicted molar refractivity (Wildman–Crippen MR) is 120 cm³/mol. The van der Waals surface area contributed by atoms with E-state index >= 15 is 0 Å². The first kappa shape index (κ1) is 22.5. The van der Waals surface area contributed by atoms with Crippen LogP contribution in [0.5, 0.6) is 0 Å². The minimum Gasteiger partial charge on any atom is -0.366 e. The van der Waals surface area contributed by atoms with Gasteiger partial charge in [-0.1, -0.05) is 38.1 Å². The number of benzene rings is 2. The number of piperidine rings is 1. The van der Waals surface area contributed by atoms with Crippen LogP contribution in [0.15, 0.2) is 48.5 Å². The number of ether oxygens (including phenoxy) is 2. The van der Waals surface area contributed by atoms with E-state index in [0.29, 0.717) is 18.9 Å². The first-order chi connectivity index (χ1) is 15.9. The third-order valence-electron chi connectivity index (χ3n) is 7.67. The molecule has 176 valence electrons. The Balaban J connectivity index is 1.38. The SMILES string of the molecule is CC(C)[C@H]1CO[C@]23CC[C@H](OC(c4ccc(F)cc4)c4ccc(F)cc4)C[C@H]2CCC(=O)N13. The van der Waals surface area contributed by atoms with E-state index in [4.69, 9.17) is 9.47 Å². The van der Waals surface area contributed by atoms with Crippen molar-refractivity contribution in [3.8, 4) is 0 Å². The summed E-state index contributed by atoms with van der Waals surface area (Å²) in [5.41, 5.74) is 1.16. The summed E-state index contributed by atoms with van der Waals surface area (Å²) in [6.07, 6.45) is 3.22. The highest BCUT2D eigenvalue weighted by molar-refractivity contribution is 5.78. The molecule has 3 fully saturated rings. The molecule has 2 saturated heterocycles. The van der Waals surface area contributed by atoms with E-state index in [1.807, 2.05) is 0 Å². The highest BCUT2D eigenvalue weighted by Crippen LogP contribution is 2.51. The third-order valence-corrected chi connectivity index (χ3v) is 7.67. The predicted octanol–water partition coefficient (Wildman–Crippen LogP) is 5.61. The van der Waals surface area contributed by atoms with Crippen molar-refractivity contribution in [1.29, 1.82) is 0 Å². The molecule has 0 radical (unpaired) electrons. The third kappa shape index (κ3) is 4.08. The first-order valence-electron chi connectivity index (χ1n) is 12.0. The van der Waals surface area contributed by atoms with Crippen molar-refractivity contribution in [1.82, 2.24) is 4.90 Å². The molecular weight excluding hydrogens is 424 g/mol. The van der Waals surface area contributed by atoms with Crippen LogP contribution in [0.3, 0.4) is 0 Å². The molecule has 0 bridgehead atoms. The zero-order chi connectivity index (χ0) is 23.2. The van der Waals surface area contributed by atoms with Crippen LogP contribution in [0, 0.1) is 23.5 Å². The van der Waals surface area contributed by atoms with Crippen LogP contribution in [0.25, 0.3) is 0 Å². The molecule has 1 amide bonds. The van der Waals surface area contributed by atoms with Gasteiger partial charge in [0.15, 0.2) is 0 Å². The standard InChI is InChI=1S/C27H31F2NO3/c1-17(2)24-16-32-27-14-13-23(15-20(27)7-12-25(31)30(24)27)33-26(18-3-8-21(28)9-4-18)19-5-10-22(29)11-6-19/h3-6,8-11,17,20,23-24,26H,7,12-16H2,1-2H3/t20-,23+,24-,27-/m1/s1. The highest BCUT2D eigenvalue weighted by Gasteiger charge is 2.59. The molecule has 2 aromatic rings. The Morgan fingerprint density at radius 1 is 1.00 bits per heavy atom. The number of hydrogen-bond acceptors (Lipinski definition) is 3. The van der Waals surface area contributed by atoms with Crippen molar-refractivity contribution < 1.29 is 23.0 Å². The second kappa shape index (κ2) is 8.80. The van der Waals surface area contributed by atoms with E-state index in [1.165, 1.54) is 24.3 Å². The molecule has 4 nitrogen and oxygen atoms in total. The number of hydrogen-bond donors (Lipinski definition) is 0. The summed E-state index contributed by atoms with van der Waals surface area (Å²) >= 11 is 0.